The molecule has 0 aliphatic heterocycles. The monoisotopic (exact) mass is 412 g/mol. The zero-order valence-electron chi connectivity index (χ0n) is 15.3. The minimum Gasteiger partial charge on any atom is -0.352 e. The summed E-state index contributed by atoms with van der Waals surface area (Å²) in [5, 5.41) is 14.0. The molecular weight excluding hydrogens is 392 g/mol. The highest BCUT2D eigenvalue weighted by molar-refractivity contribution is 8.00. The SMILES string of the molecule is Cc1cccc(C(=O)NCCC(=O)Nc2nnc(SCc3ccccc3)s2)c1. The number of nitrogens with one attached hydrogen (secondary N) is 2. The smallest absolute Gasteiger partial charge is 0.251 e. The Morgan fingerprint density at radius 3 is 2.68 bits per heavy atom. The fraction of sp³-hybridized carbons (Fsp3) is 0.200. The van der Waals surface area contributed by atoms with Gasteiger partial charge in [0.1, 0.15) is 0 Å². The number of aromatic nitrogens is 2. The van der Waals surface area contributed by atoms with Crippen LogP contribution in [0.4, 0.5) is 5.13 Å². The van der Waals surface area contributed by atoms with Crippen molar-refractivity contribution in [2.24, 2.45) is 0 Å². The van der Waals surface area contributed by atoms with Crippen molar-refractivity contribution in [3.05, 3.63) is 71.3 Å². The Morgan fingerprint density at radius 1 is 1.07 bits per heavy atom. The van der Waals surface area contributed by atoms with Crippen LogP contribution in [0.15, 0.2) is 58.9 Å². The molecule has 144 valence electrons. The maximum atomic E-state index is 12.1. The zero-order valence-corrected chi connectivity index (χ0v) is 17.0. The van der Waals surface area contributed by atoms with E-state index in [-0.39, 0.29) is 24.8 Å². The van der Waals surface area contributed by atoms with Gasteiger partial charge in [0.15, 0.2) is 4.34 Å². The quantitative estimate of drug-likeness (QED) is 0.433. The first-order valence-electron chi connectivity index (χ1n) is 8.75. The Labute approximate surface area is 171 Å². The summed E-state index contributed by atoms with van der Waals surface area (Å²) >= 11 is 2.92. The van der Waals surface area contributed by atoms with Crippen molar-refractivity contribution >= 4 is 40.0 Å². The third-order valence-electron chi connectivity index (χ3n) is 3.78. The second-order valence-electron chi connectivity index (χ2n) is 6.07. The number of nitrogens with zero attached hydrogens (tertiary/aromatic N) is 2. The van der Waals surface area contributed by atoms with E-state index in [0.29, 0.717) is 10.7 Å². The molecule has 2 N–H and O–H groups in total. The molecular formula is C20H20N4O2S2. The van der Waals surface area contributed by atoms with Crippen LogP contribution in [0, 0.1) is 6.92 Å². The van der Waals surface area contributed by atoms with Crippen LogP contribution in [0.2, 0.25) is 0 Å². The van der Waals surface area contributed by atoms with Crippen LogP contribution in [0.1, 0.15) is 27.9 Å². The summed E-state index contributed by atoms with van der Waals surface area (Å²) < 4.78 is 0.798. The number of rotatable bonds is 8. The summed E-state index contributed by atoms with van der Waals surface area (Å²) in [4.78, 5) is 24.1. The van der Waals surface area contributed by atoms with Crippen LogP contribution in [-0.2, 0) is 10.5 Å². The number of hydrogen-bond donors (Lipinski definition) is 2. The number of carbonyl (C=O) groups excluding carboxylic acids is 2. The molecule has 2 aromatic carbocycles. The van der Waals surface area contributed by atoms with E-state index in [9.17, 15) is 9.59 Å². The molecule has 0 unspecified atom stereocenters. The average molecular weight is 413 g/mol. The molecule has 3 rings (SSSR count). The van der Waals surface area contributed by atoms with Crippen LogP contribution in [0.5, 0.6) is 0 Å². The fourth-order valence-electron chi connectivity index (χ4n) is 2.40. The summed E-state index contributed by atoms with van der Waals surface area (Å²) in [7, 11) is 0. The molecule has 1 aromatic heterocycles. The fourth-order valence-corrected chi connectivity index (χ4v) is 4.12. The highest BCUT2D eigenvalue weighted by atomic mass is 32.2. The molecule has 0 saturated heterocycles. The Bertz CT molecular complexity index is 944. The van der Waals surface area contributed by atoms with Gasteiger partial charge in [-0.15, -0.1) is 10.2 Å². The van der Waals surface area contributed by atoms with E-state index in [1.54, 1.807) is 17.8 Å². The Balaban J connectivity index is 1.40. The van der Waals surface area contributed by atoms with Crippen LogP contribution in [-0.4, -0.2) is 28.6 Å². The van der Waals surface area contributed by atoms with Crippen molar-refractivity contribution in [3.63, 3.8) is 0 Å². The van der Waals surface area contributed by atoms with Crippen molar-refractivity contribution in [2.45, 2.75) is 23.4 Å². The lowest BCUT2D eigenvalue weighted by Gasteiger charge is -2.05. The molecule has 0 bridgehead atoms. The second kappa shape index (κ2) is 10.0. The predicted molar refractivity (Wildman–Crippen MR) is 113 cm³/mol. The molecule has 0 aliphatic rings. The van der Waals surface area contributed by atoms with E-state index in [1.165, 1.54) is 16.9 Å². The highest BCUT2D eigenvalue weighted by Gasteiger charge is 2.10. The number of benzene rings is 2. The molecule has 28 heavy (non-hydrogen) atoms. The standard InChI is InChI=1S/C20H20N4O2S2/c1-14-6-5-9-16(12-14)18(26)21-11-10-17(25)22-19-23-24-20(28-19)27-13-15-7-3-2-4-8-15/h2-9,12H,10-11,13H2,1H3,(H,21,26)(H,22,23,25). The summed E-state index contributed by atoms with van der Waals surface area (Å²) in [5.74, 6) is 0.404. The third kappa shape index (κ3) is 6.17. The number of amides is 2. The molecule has 1 heterocycles. The van der Waals surface area contributed by atoms with Crippen LogP contribution in [0.3, 0.4) is 0 Å². The number of carbonyl (C=O) groups is 2. The lowest BCUT2D eigenvalue weighted by Crippen LogP contribution is -2.27. The van der Waals surface area contributed by atoms with Crippen LogP contribution >= 0.6 is 23.1 Å². The van der Waals surface area contributed by atoms with E-state index >= 15 is 0 Å². The molecule has 3 aromatic rings. The number of hydrogen-bond acceptors (Lipinski definition) is 6. The Kier molecular flexibility index (Phi) is 7.16. The predicted octanol–water partition coefficient (Wildman–Crippen LogP) is 3.90. The minimum absolute atomic E-state index is 0.170. The maximum Gasteiger partial charge on any atom is 0.251 e. The summed E-state index contributed by atoms with van der Waals surface area (Å²) in [6.07, 6.45) is 0.170. The summed E-state index contributed by atoms with van der Waals surface area (Å²) in [5.41, 5.74) is 2.81. The van der Waals surface area contributed by atoms with Gasteiger partial charge in [0.05, 0.1) is 0 Å². The molecule has 0 radical (unpaired) electrons. The van der Waals surface area contributed by atoms with Gasteiger partial charge in [-0.25, -0.2) is 0 Å². The average Bonchev–Trinajstić information content (AvgIpc) is 3.14. The first-order valence-corrected chi connectivity index (χ1v) is 10.6. The molecule has 0 saturated carbocycles. The molecule has 2 amide bonds. The lowest BCUT2D eigenvalue weighted by atomic mass is 10.1. The van der Waals surface area contributed by atoms with E-state index < -0.39 is 0 Å². The number of anilines is 1. The highest BCUT2D eigenvalue weighted by Crippen LogP contribution is 2.28. The zero-order chi connectivity index (χ0) is 19.8. The molecule has 6 nitrogen and oxygen atoms in total. The van der Waals surface area contributed by atoms with E-state index in [4.69, 9.17) is 0 Å². The number of thioether (sulfide) groups is 1. The van der Waals surface area contributed by atoms with Crippen molar-refractivity contribution in [3.8, 4) is 0 Å². The molecule has 0 atom stereocenters. The van der Waals surface area contributed by atoms with Gasteiger partial charge in [0, 0.05) is 24.3 Å². The first kappa shape index (κ1) is 20.0. The minimum atomic E-state index is -0.208. The lowest BCUT2D eigenvalue weighted by molar-refractivity contribution is -0.116. The van der Waals surface area contributed by atoms with Crippen molar-refractivity contribution in [1.29, 1.82) is 0 Å². The second-order valence-corrected chi connectivity index (χ2v) is 8.27. The van der Waals surface area contributed by atoms with E-state index in [1.807, 2.05) is 43.3 Å². The van der Waals surface area contributed by atoms with Gasteiger partial charge in [0.2, 0.25) is 11.0 Å². The molecule has 8 heteroatoms. The van der Waals surface area contributed by atoms with Gasteiger partial charge < -0.3 is 10.6 Å². The molecule has 0 aliphatic carbocycles. The van der Waals surface area contributed by atoms with Crippen LogP contribution in [0.25, 0.3) is 0 Å². The topological polar surface area (TPSA) is 84.0 Å². The largest absolute Gasteiger partial charge is 0.352 e. The van der Waals surface area contributed by atoms with Gasteiger partial charge in [-0.1, -0.05) is 71.1 Å². The number of aryl methyl sites for hydroxylation is 1. The van der Waals surface area contributed by atoms with Gasteiger partial charge in [-0.05, 0) is 24.6 Å². The van der Waals surface area contributed by atoms with Gasteiger partial charge in [-0.2, -0.15) is 0 Å². The Hall–Kier alpha value is -2.71. The third-order valence-corrected chi connectivity index (χ3v) is 5.82. The van der Waals surface area contributed by atoms with Gasteiger partial charge in [-0.3, -0.25) is 9.59 Å². The van der Waals surface area contributed by atoms with Crippen molar-refractivity contribution in [1.82, 2.24) is 15.5 Å². The van der Waals surface area contributed by atoms with Crippen molar-refractivity contribution in [2.75, 3.05) is 11.9 Å². The van der Waals surface area contributed by atoms with Crippen LogP contribution < -0.4 is 10.6 Å². The van der Waals surface area contributed by atoms with Gasteiger partial charge >= 0.3 is 0 Å². The molecule has 0 spiro atoms. The first-order chi connectivity index (χ1) is 13.6. The molecule has 0 fully saturated rings. The summed E-state index contributed by atoms with van der Waals surface area (Å²) in [6, 6.07) is 17.4. The van der Waals surface area contributed by atoms with Crippen molar-refractivity contribution < 1.29 is 9.59 Å². The van der Waals surface area contributed by atoms with Gasteiger partial charge in [0.25, 0.3) is 5.91 Å². The maximum absolute atomic E-state index is 12.1. The Morgan fingerprint density at radius 2 is 1.89 bits per heavy atom. The normalized spacial score (nSPS) is 10.5. The van der Waals surface area contributed by atoms with E-state index in [0.717, 1.165) is 15.7 Å². The van der Waals surface area contributed by atoms with E-state index in [2.05, 4.69) is 33.0 Å². The summed E-state index contributed by atoms with van der Waals surface area (Å²) in [6.45, 7) is 2.19.